The minimum atomic E-state index is -3.89. The van der Waals surface area contributed by atoms with Crippen molar-refractivity contribution in [1.82, 2.24) is 4.31 Å². The summed E-state index contributed by atoms with van der Waals surface area (Å²) in [6, 6.07) is 27.0. The molecule has 1 aliphatic heterocycles. The Hall–Kier alpha value is -4.55. The molecule has 0 spiro atoms. The third-order valence-corrected chi connectivity index (χ3v) is 12.9. The number of nitrogens with one attached hydrogen (secondary N) is 2. The SMILES string of the molecule is CCN(C1CCC(CO)CC1)S(=O)(=O)c1cccc(C(=O)Nc2ccc(N3CCCCC3)cc2C(=O)Nc2ccc(CCc3ccc(CO)cc3)cc2)c1. The Bertz CT molecular complexity index is 1990. The first-order valence-corrected chi connectivity index (χ1v) is 20.6. The van der Waals surface area contributed by atoms with Crippen LogP contribution in [0.3, 0.4) is 0 Å². The van der Waals surface area contributed by atoms with Gasteiger partial charge in [0.05, 0.1) is 22.8 Å². The number of amides is 2. The summed E-state index contributed by atoms with van der Waals surface area (Å²) >= 11 is 0. The quantitative estimate of drug-likeness (QED) is 0.109. The van der Waals surface area contributed by atoms with Gasteiger partial charge in [0.2, 0.25) is 10.0 Å². The van der Waals surface area contributed by atoms with Gasteiger partial charge < -0.3 is 25.7 Å². The van der Waals surface area contributed by atoms with E-state index in [4.69, 9.17) is 0 Å². The number of benzene rings is 4. The van der Waals surface area contributed by atoms with Crippen LogP contribution in [0.4, 0.5) is 17.1 Å². The molecule has 1 saturated carbocycles. The van der Waals surface area contributed by atoms with Crippen molar-refractivity contribution < 1.29 is 28.2 Å². The van der Waals surface area contributed by atoms with Crippen LogP contribution in [0, 0.1) is 5.92 Å². The van der Waals surface area contributed by atoms with Crippen molar-refractivity contribution in [1.29, 1.82) is 0 Å². The lowest BCUT2D eigenvalue weighted by Gasteiger charge is -2.35. The van der Waals surface area contributed by atoms with Gasteiger partial charge in [0.1, 0.15) is 0 Å². The zero-order chi connectivity index (χ0) is 38.1. The third kappa shape index (κ3) is 9.57. The number of carbonyl (C=O) groups excluding carboxylic acids is 2. The molecule has 0 bridgehead atoms. The molecule has 0 unspecified atom stereocenters. The molecule has 1 aliphatic carbocycles. The molecule has 2 aliphatic rings. The van der Waals surface area contributed by atoms with Crippen molar-refractivity contribution >= 4 is 38.9 Å². The van der Waals surface area contributed by atoms with Gasteiger partial charge in [-0.1, -0.05) is 49.4 Å². The molecule has 11 heteroatoms. The molecular weight excluding hydrogens is 701 g/mol. The first-order chi connectivity index (χ1) is 26.2. The molecule has 4 N–H and O–H groups in total. The fourth-order valence-electron chi connectivity index (χ4n) is 7.60. The van der Waals surface area contributed by atoms with E-state index in [9.17, 15) is 28.2 Å². The van der Waals surface area contributed by atoms with Crippen molar-refractivity contribution in [3.8, 4) is 0 Å². The van der Waals surface area contributed by atoms with Crippen molar-refractivity contribution in [3.63, 3.8) is 0 Å². The van der Waals surface area contributed by atoms with Crippen LogP contribution in [0.2, 0.25) is 0 Å². The molecule has 1 heterocycles. The second-order valence-corrected chi connectivity index (χ2v) is 16.3. The maximum absolute atomic E-state index is 13.9. The van der Waals surface area contributed by atoms with Crippen molar-refractivity contribution in [2.24, 2.45) is 5.92 Å². The molecule has 0 aromatic heterocycles. The fraction of sp³-hybridized carbons (Fsp3) is 0.395. The van der Waals surface area contributed by atoms with Crippen LogP contribution >= 0.6 is 0 Å². The molecule has 54 heavy (non-hydrogen) atoms. The minimum Gasteiger partial charge on any atom is -0.396 e. The zero-order valence-corrected chi connectivity index (χ0v) is 31.9. The summed E-state index contributed by atoms with van der Waals surface area (Å²) < 4.78 is 29.3. The first kappa shape index (κ1) is 39.2. The van der Waals surface area contributed by atoms with Gasteiger partial charge in [-0.2, -0.15) is 4.31 Å². The van der Waals surface area contributed by atoms with Crippen LogP contribution < -0.4 is 15.5 Å². The number of aryl methyl sites for hydroxylation is 2. The van der Waals surface area contributed by atoms with Crippen LogP contribution in [0.25, 0.3) is 0 Å². The highest BCUT2D eigenvalue weighted by atomic mass is 32.2. The average Bonchev–Trinajstić information content (AvgIpc) is 3.21. The third-order valence-electron chi connectivity index (χ3n) is 10.8. The number of aliphatic hydroxyl groups is 2. The van der Waals surface area contributed by atoms with Crippen LogP contribution in [-0.2, 0) is 29.5 Å². The summed E-state index contributed by atoms with van der Waals surface area (Å²) in [7, 11) is -3.89. The van der Waals surface area contributed by atoms with E-state index in [0.29, 0.717) is 36.3 Å². The van der Waals surface area contributed by atoms with Gasteiger partial charge >= 0.3 is 0 Å². The van der Waals surface area contributed by atoms with E-state index in [0.717, 1.165) is 68.4 Å². The molecule has 10 nitrogen and oxygen atoms in total. The van der Waals surface area contributed by atoms with Crippen LogP contribution in [0.1, 0.15) is 89.3 Å². The lowest BCUT2D eigenvalue weighted by atomic mass is 9.86. The summed E-state index contributed by atoms with van der Waals surface area (Å²) in [4.78, 5) is 30.0. The van der Waals surface area contributed by atoms with E-state index in [1.165, 1.54) is 28.4 Å². The standard InChI is InChI=1S/C43H52N4O6S/c1-2-47(37-21-17-34(30-49)18-22-37)54(52,53)39-8-6-7-35(27-39)42(50)45-41-24-23-38(46-25-4-3-5-26-46)28-40(41)43(51)44-36-19-15-32(16-20-36)10-9-31-11-13-33(29-48)14-12-31/h6-8,11-16,19-20,23-24,27-28,34,37,48-49H,2-5,9-10,17-18,21-22,25-26,29-30H2,1H3,(H,44,51)(H,45,50). The lowest BCUT2D eigenvalue weighted by molar-refractivity contribution is 0.102. The van der Waals surface area contributed by atoms with E-state index < -0.39 is 15.9 Å². The van der Waals surface area contributed by atoms with Crippen LogP contribution in [-0.4, -0.2) is 67.0 Å². The van der Waals surface area contributed by atoms with Crippen LogP contribution in [0.5, 0.6) is 0 Å². The molecule has 2 amide bonds. The Balaban J connectivity index is 1.18. The number of sulfonamides is 1. The number of piperidine rings is 1. The van der Waals surface area contributed by atoms with Gasteiger partial charge in [0, 0.05) is 49.2 Å². The van der Waals surface area contributed by atoms with Gasteiger partial charge in [-0.05, 0) is 129 Å². The molecular formula is C43H52N4O6S. The van der Waals surface area contributed by atoms with Crippen molar-refractivity contribution in [3.05, 3.63) is 119 Å². The molecule has 0 radical (unpaired) electrons. The maximum Gasteiger partial charge on any atom is 0.257 e. The Morgan fingerprint density at radius 2 is 1.41 bits per heavy atom. The lowest BCUT2D eigenvalue weighted by Crippen LogP contribution is -2.42. The summed E-state index contributed by atoms with van der Waals surface area (Å²) in [5.41, 5.74) is 5.52. The van der Waals surface area contributed by atoms with Gasteiger partial charge in [-0.3, -0.25) is 9.59 Å². The van der Waals surface area contributed by atoms with E-state index in [1.54, 1.807) is 18.2 Å². The molecule has 0 atom stereocenters. The van der Waals surface area contributed by atoms with Gasteiger partial charge in [0.25, 0.3) is 11.8 Å². The normalized spacial score (nSPS) is 17.7. The summed E-state index contributed by atoms with van der Waals surface area (Å²) in [5.74, 6) is -0.685. The Kier molecular flexibility index (Phi) is 13.2. The molecule has 6 rings (SSSR count). The van der Waals surface area contributed by atoms with Crippen molar-refractivity contribution in [2.45, 2.75) is 82.3 Å². The highest BCUT2D eigenvalue weighted by Gasteiger charge is 2.33. The summed E-state index contributed by atoms with van der Waals surface area (Å²) in [6.07, 6.45) is 7.89. The Morgan fingerprint density at radius 1 is 0.759 bits per heavy atom. The fourth-order valence-corrected chi connectivity index (χ4v) is 9.34. The molecule has 1 saturated heterocycles. The average molecular weight is 753 g/mol. The second kappa shape index (κ2) is 18.2. The van der Waals surface area contributed by atoms with E-state index in [-0.39, 0.29) is 41.5 Å². The molecule has 2 fully saturated rings. The number of rotatable bonds is 14. The van der Waals surface area contributed by atoms with E-state index in [1.807, 2.05) is 67.6 Å². The summed E-state index contributed by atoms with van der Waals surface area (Å²) in [6.45, 7) is 4.04. The predicted octanol–water partition coefficient (Wildman–Crippen LogP) is 7.02. The van der Waals surface area contributed by atoms with Gasteiger partial charge in [0.15, 0.2) is 0 Å². The number of nitrogens with zero attached hydrogens (tertiary/aromatic N) is 2. The minimum absolute atomic E-state index is 0.0248. The maximum atomic E-state index is 13.9. The number of anilines is 3. The highest BCUT2D eigenvalue weighted by Crippen LogP contribution is 2.32. The van der Waals surface area contributed by atoms with E-state index >= 15 is 0 Å². The van der Waals surface area contributed by atoms with E-state index in [2.05, 4.69) is 15.5 Å². The molecule has 286 valence electrons. The molecule has 4 aromatic rings. The smallest absolute Gasteiger partial charge is 0.257 e. The monoisotopic (exact) mass is 752 g/mol. The number of carbonyl (C=O) groups is 2. The Morgan fingerprint density at radius 3 is 2.04 bits per heavy atom. The van der Waals surface area contributed by atoms with Crippen LogP contribution in [0.15, 0.2) is 95.9 Å². The largest absolute Gasteiger partial charge is 0.396 e. The van der Waals surface area contributed by atoms with Crippen molar-refractivity contribution in [2.75, 3.05) is 41.8 Å². The molecule has 4 aromatic carbocycles. The zero-order valence-electron chi connectivity index (χ0n) is 31.0. The Labute approximate surface area is 319 Å². The summed E-state index contributed by atoms with van der Waals surface area (Å²) in [5, 5.41) is 24.8. The second-order valence-electron chi connectivity index (χ2n) is 14.5. The van der Waals surface area contributed by atoms with Gasteiger partial charge in [-0.25, -0.2) is 8.42 Å². The number of hydrogen-bond donors (Lipinski definition) is 4. The number of aliphatic hydroxyl groups excluding tert-OH is 2. The topological polar surface area (TPSA) is 139 Å². The van der Waals surface area contributed by atoms with Gasteiger partial charge in [-0.15, -0.1) is 0 Å². The highest BCUT2D eigenvalue weighted by molar-refractivity contribution is 7.89. The predicted molar refractivity (Wildman–Crippen MR) is 213 cm³/mol. The number of hydrogen-bond acceptors (Lipinski definition) is 7. The first-order valence-electron chi connectivity index (χ1n) is 19.2.